The van der Waals surface area contributed by atoms with E-state index in [1.54, 1.807) is 48.9 Å². The number of aromatic nitrogens is 4. The molecule has 4 aromatic rings. The summed E-state index contributed by atoms with van der Waals surface area (Å²) in [4.78, 5) is 21.6. The van der Waals surface area contributed by atoms with Crippen molar-refractivity contribution in [1.82, 2.24) is 19.7 Å². The third-order valence-corrected chi connectivity index (χ3v) is 4.53. The lowest BCUT2D eigenvalue weighted by atomic mass is 10.2. The van der Waals surface area contributed by atoms with Crippen molar-refractivity contribution in [2.24, 2.45) is 7.05 Å². The van der Waals surface area contributed by atoms with Crippen molar-refractivity contribution < 1.29 is 9.21 Å². The van der Waals surface area contributed by atoms with Crippen LogP contribution in [0.4, 0.5) is 5.69 Å². The van der Waals surface area contributed by atoms with E-state index in [0.29, 0.717) is 22.0 Å². The zero-order valence-corrected chi connectivity index (χ0v) is 14.0. The molecule has 0 saturated heterocycles. The zero-order valence-electron chi connectivity index (χ0n) is 13.2. The second-order valence-electron chi connectivity index (χ2n) is 5.28. The van der Waals surface area contributed by atoms with E-state index in [1.165, 1.54) is 11.3 Å². The van der Waals surface area contributed by atoms with Crippen LogP contribution in [0, 0.1) is 0 Å². The van der Waals surface area contributed by atoms with Gasteiger partial charge in [-0.05, 0) is 18.2 Å². The van der Waals surface area contributed by atoms with Crippen LogP contribution in [0.5, 0.6) is 0 Å². The van der Waals surface area contributed by atoms with E-state index in [-0.39, 0.29) is 5.91 Å². The van der Waals surface area contributed by atoms with Gasteiger partial charge in [-0.25, -0.2) is 4.98 Å². The standard InChI is InChI=1S/C17H13N5O2S/c1-22-9-13(15(21-22)12-4-2-3-6-18-12)20-16(23)14-8-19-17(25-14)11-5-7-24-10-11/h2-10H,1H3,(H,20,23). The molecule has 1 amide bonds. The van der Waals surface area contributed by atoms with Gasteiger partial charge in [0.05, 0.1) is 23.8 Å². The summed E-state index contributed by atoms with van der Waals surface area (Å²) in [5.41, 5.74) is 2.77. The summed E-state index contributed by atoms with van der Waals surface area (Å²) >= 11 is 1.30. The van der Waals surface area contributed by atoms with Gasteiger partial charge in [0.15, 0.2) is 0 Å². The van der Waals surface area contributed by atoms with E-state index in [0.717, 1.165) is 10.6 Å². The second-order valence-corrected chi connectivity index (χ2v) is 6.31. The molecule has 4 aromatic heterocycles. The van der Waals surface area contributed by atoms with Gasteiger partial charge in [-0.15, -0.1) is 11.3 Å². The molecule has 0 aliphatic carbocycles. The number of pyridine rings is 1. The van der Waals surface area contributed by atoms with Crippen molar-refractivity contribution >= 4 is 22.9 Å². The first-order valence-electron chi connectivity index (χ1n) is 7.45. The van der Waals surface area contributed by atoms with Crippen LogP contribution in [0.15, 0.2) is 59.8 Å². The Morgan fingerprint density at radius 3 is 2.96 bits per heavy atom. The van der Waals surface area contributed by atoms with Crippen LogP contribution in [-0.2, 0) is 7.05 Å². The molecule has 8 heteroatoms. The highest BCUT2D eigenvalue weighted by molar-refractivity contribution is 7.17. The number of nitrogens with one attached hydrogen (secondary N) is 1. The minimum Gasteiger partial charge on any atom is -0.472 e. The van der Waals surface area contributed by atoms with Crippen LogP contribution >= 0.6 is 11.3 Å². The van der Waals surface area contributed by atoms with Crippen molar-refractivity contribution in [2.75, 3.05) is 5.32 Å². The number of carbonyl (C=O) groups is 1. The average molecular weight is 351 g/mol. The second kappa shape index (κ2) is 6.33. The number of thiazole rings is 1. The number of furan rings is 1. The monoisotopic (exact) mass is 351 g/mol. The number of hydrogen-bond acceptors (Lipinski definition) is 6. The molecule has 25 heavy (non-hydrogen) atoms. The maximum absolute atomic E-state index is 12.6. The Balaban J connectivity index is 1.60. The molecule has 0 unspecified atom stereocenters. The SMILES string of the molecule is Cn1cc(NC(=O)c2cnc(-c3ccoc3)s2)c(-c2ccccn2)n1. The first kappa shape index (κ1) is 15.3. The third kappa shape index (κ3) is 3.07. The van der Waals surface area contributed by atoms with Crippen LogP contribution in [-0.4, -0.2) is 25.7 Å². The molecule has 4 rings (SSSR count). The van der Waals surface area contributed by atoms with Crippen LogP contribution in [0.3, 0.4) is 0 Å². The summed E-state index contributed by atoms with van der Waals surface area (Å²) in [7, 11) is 1.80. The summed E-state index contributed by atoms with van der Waals surface area (Å²) in [6.07, 6.45) is 8.17. The van der Waals surface area contributed by atoms with E-state index in [1.807, 2.05) is 18.2 Å². The van der Waals surface area contributed by atoms with Gasteiger partial charge >= 0.3 is 0 Å². The molecule has 0 saturated carbocycles. The number of carbonyl (C=O) groups excluding carboxylic acids is 1. The van der Waals surface area contributed by atoms with Gasteiger partial charge in [-0.3, -0.25) is 14.5 Å². The summed E-state index contributed by atoms with van der Waals surface area (Å²) < 4.78 is 6.69. The Hall–Kier alpha value is -3.26. The van der Waals surface area contributed by atoms with Gasteiger partial charge in [0.2, 0.25) is 0 Å². The fourth-order valence-electron chi connectivity index (χ4n) is 2.35. The highest BCUT2D eigenvalue weighted by Gasteiger charge is 2.17. The minimum atomic E-state index is -0.238. The zero-order chi connectivity index (χ0) is 17.2. The minimum absolute atomic E-state index is 0.238. The van der Waals surface area contributed by atoms with E-state index in [9.17, 15) is 4.79 Å². The van der Waals surface area contributed by atoms with Gasteiger partial charge in [-0.1, -0.05) is 6.07 Å². The fourth-order valence-corrected chi connectivity index (χ4v) is 3.15. The number of anilines is 1. The molecular weight excluding hydrogens is 338 g/mol. The van der Waals surface area contributed by atoms with Gasteiger partial charge in [0, 0.05) is 25.0 Å². The summed E-state index contributed by atoms with van der Waals surface area (Å²) in [6.45, 7) is 0. The van der Waals surface area contributed by atoms with Crippen LogP contribution in [0.25, 0.3) is 22.0 Å². The van der Waals surface area contributed by atoms with Gasteiger partial charge < -0.3 is 9.73 Å². The summed E-state index contributed by atoms with van der Waals surface area (Å²) in [5, 5.41) is 8.01. The Morgan fingerprint density at radius 2 is 2.20 bits per heavy atom. The van der Waals surface area contributed by atoms with E-state index >= 15 is 0 Å². The first-order chi connectivity index (χ1) is 12.2. The van der Waals surface area contributed by atoms with Crippen molar-refractivity contribution in [3.63, 3.8) is 0 Å². The van der Waals surface area contributed by atoms with Crippen molar-refractivity contribution in [3.05, 3.63) is 60.3 Å². The molecule has 0 radical (unpaired) electrons. The molecule has 0 bridgehead atoms. The first-order valence-corrected chi connectivity index (χ1v) is 8.27. The lowest BCUT2D eigenvalue weighted by Gasteiger charge is -2.03. The molecule has 0 aliphatic heterocycles. The molecule has 0 aromatic carbocycles. The number of hydrogen-bond donors (Lipinski definition) is 1. The maximum Gasteiger partial charge on any atom is 0.267 e. The Kier molecular flexibility index (Phi) is 3.87. The third-order valence-electron chi connectivity index (χ3n) is 3.48. The van der Waals surface area contributed by atoms with Crippen LogP contribution in [0.1, 0.15) is 9.67 Å². The molecule has 7 nitrogen and oxygen atoms in total. The summed E-state index contributed by atoms with van der Waals surface area (Å²) in [5.74, 6) is -0.238. The Labute approximate surface area is 147 Å². The molecule has 0 spiro atoms. The van der Waals surface area contributed by atoms with E-state index in [4.69, 9.17) is 4.42 Å². The van der Waals surface area contributed by atoms with Crippen molar-refractivity contribution in [2.45, 2.75) is 0 Å². The van der Waals surface area contributed by atoms with Gasteiger partial charge in [-0.2, -0.15) is 5.10 Å². The summed E-state index contributed by atoms with van der Waals surface area (Å²) in [6, 6.07) is 7.37. The quantitative estimate of drug-likeness (QED) is 0.608. The number of rotatable bonds is 4. The van der Waals surface area contributed by atoms with Crippen LogP contribution < -0.4 is 5.32 Å². The van der Waals surface area contributed by atoms with Gasteiger partial charge in [0.1, 0.15) is 21.8 Å². The van der Waals surface area contributed by atoms with Crippen molar-refractivity contribution in [3.8, 4) is 22.0 Å². The van der Waals surface area contributed by atoms with E-state index < -0.39 is 0 Å². The molecular formula is C17H13N5O2S. The largest absolute Gasteiger partial charge is 0.472 e. The predicted molar refractivity (Wildman–Crippen MR) is 94.2 cm³/mol. The van der Waals surface area contributed by atoms with E-state index in [2.05, 4.69) is 20.4 Å². The molecule has 0 fully saturated rings. The maximum atomic E-state index is 12.6. The van der Waals surface area contributed by atoms with Gasteiger partial charge in [0.25, 0.3) is 5.91 Å². The Morgan fingerprint density at radius 1 is 1.28 bits per heavy atom. The number of amides is 1. The molecule has 1 N–H and O–H groups in total. The molecule has 124 valence electrons. The topological polar surface area (TPSA) is 85.8 Å². The van der Waals surface area contributed by atoms with Crippen LogP contribution in [0.2, 0.25) is 0 Å². The highest BCUT2D eigenvalue weighted by atomic mass is 32.1. The highest BCUT2D eigenvalue weighted by Crippen LogP contribution is 2.28. The smallest absolute Gasteiger partial charge is 0.267 e. The lowest BCUT2D eigenvalue weighted by Crippen LogP contribution is -2.10. The fraction of sp³-hybridized carbons (Fsp3) is 0.0588. The number of aryl methyl sites for hydroxylation is 1. The normalized spacial score (nSPS) is 10.8. The Bertz CT molecular complexity index is 1010. The molecule has 0 atom stereocenters. The number of nitrogens with zero attached hydrogens (tertiary/aromatic N) is 4. The molecule has 0 aliphatic rings. The molecule has 4 heterocycles. The van der Waals surface area contributed by atoms with Crippen molar-refractivity contribution in [1.29, 1.82) is 0 Å². The predicted octanol–water partition coefficient (Wildman–Crippen LogP) is 3.45. The average Bonchev–Trinajstić information content (AvgIpc) is 3.36. The lowest BCUT2D eigenvalue weighted by molar-refractivity contribution is 0.103.